The summed E-state index contributed by atoms with van der Waals surface area (Å²) in [5, 5.41) is 23.6. The molecule has 0 saturated carbocycles. The van der Waals surface area contributed by atoms with E-state index in [4.69, 9.17) is 4.74 Å². The summed E-state index contributed by atoms with van der Waals surface area (Å²) in [6.07, 6.45) is -0.0975. The Morgan fingerprint density at radius 2 is 1.46 bits per heavy atom. The number of ether oxygens (including phenoxy) is 1. The Hall–Kier alpha value is -4.22. The van der Waals surface area contributed by atoms with Crippen LogP contribution in [0.15, 0.2) is 103 Å². The van der Waals surface area contributed by atoms with Gasteiger partial charge in [0, 0.05) is 35.3 Å². The molecular weight excluding hydrogens is 553 g/mol. The van der Waals surface area contributed by atoms with Crippen LogP contribution in [0, 0.1) is 10.1 Å². The Kier molecular flexibility index (Phi) is 9.74. The van der Waals surface area contributed by atoms with Gasteiger partial charge in [0.25, 0.3) is 5.69 Å². The molecule has 0 fully saturated rings. The van der Waals surface area contributed by atoms with Crippen LogP contribution < -0.4 is 39.4 Å². The maximum Gasteiger partial charge on any atom is 1.00 e. The molecule has 0 bridgehead atoms. The zero-order valence-electron chi connectivity index (χ0n) is 21.9. The number of ketones is 1. The predicted octanol–water partition coefficient (Wildman–Crippen LogP) is 1.81. The molecule has 0 radical (unpaired) electrons. The fraction of sp³-hybridized carbons (Fsp3) is 0.0667. The first-order valence-corrected chi connectivity index (χ1v) is 12.8. The third kappa shape index (κ3) is 7.11. The number of Topliss-reactive ketones (excluding diaryl/α,β-unsaturated/α-hetero) is 1. The Bertz CT molecular complexity index is 1740. The zero-order valence-corrected chi connectivity index (χ0v) is 24.7. The molecule has 9 nitrogen and oxygen atoms in total. The van der Waals surface area contributed by atoms with Crippen LogP contribution in [0.4, 0.5) is 5.69 Å². The molecule has 41 heavy (non-hydrogen) atoms. The average Bonchev–Trinajstić information content (AvgIpc) is 3.44. The van der Waals surface area contributed by atoms with Gasteiger partial charge in [-0.3, -0.25) is 14.9 Å². The molecule has 198 valence electrons. The fourth-order valence-electron chi connectivity index (χ4n) is 4.19. The molecule has 5 rings (SSSR count). The van der Waals surface area contributed by atoms with Crippen LogP contribution in [0.25, 0.3) is 16.6 Å². The number of nitro groups is 1. The zero-order chi connectivity index (χ0) is 28.1. The largest absolute Gasteiger partial charge is 1.00 e. The van der Waals surface area contributed by atoms with E-state index in [9.17, 15) is 24.8 Å². The number of carboxylic acids is 1. The number of hydrogen-bond acceptors (Lipinski definition) is 9. The summed E-state index contributed by atoms with van der Waals surface area (Å²) in [6, 6.07) is 26.4. The van der Waals surface area contributed by atoms with Gasteiger partial charge in [-0.1, -0.05) is 48.5 Å². The first-order chi connectivity index (χ1) is 19.4. The summed E-state index contributed by atoms with van der Waals surface area (Å²) < 4.78 is 14.1. The topological polar surface area (TPSA) is 135 Å². The van der Waals surface area contributed by atoms with Crippen molar-refractivity contribution >= 4 is 45.8 Å². The third-order valence-electron chi connectivity index (χ3n) is 6.22. The number of nitrogens with zero attached hydrogens (tertiary/aromatic N) is 3. The van der Waals surface area contributed by atoms with Gasteiger partial charge in [0.1, 0.15) is 23.4 Å². The summed E-state index contributed by atoms with van der Waals surface area (Å²) >= 11 is 0.990. The monoisotopic (exact) mass is 573 g/mol. The van der Waals surface area contributed by atoms with Crippen LogP contribution in [0.3, 0.4) is 0 Å². The minimum Gasteiger partial charge on any atom is -0.545 e. The van der Waals surface area contributed by atoms with Gasteiger partial charge in [-0.25, -0.2) is 0 Å². The molecule has 0 saturated heterocycles. The maximum absolute atomic E-state index is 13.8. The van der Waals surface area contributed by atoms with Crippen molar-refractivity contribution in [1.82, 2.24) is 8.75 Å². The standard InChI is InChI=1S/C30H21N3O6S.Na/c34-29(21-8-13-24(14-9-21)39-18-20-4-2-1-3-5-20)25(16-19-6-11-23(12-7-19)33(37)38)28(30(35)36)22-10-15-26-27(17-22)32-40-31-26;/h1-15,17H,16,18H2,(H,35,36);/q;+1/p-1/b28-25+;. The van der Waals surface area contributed by atoms with Crippen molar-refractivity contribution in [2.24, 2.45) is 0 Å². The average molecular weight is 574 g/mol. The molecule has 0 unspecified atom stereocenters. The van der Waals surface area contributed by atoms with Crippen LogP contribution in [-0.2, 0) is 17.8 Å². The molecule has 0 spiro atoms. The molecule has 4 aromatic carbocycles. The maximum atomic E-state index is 13.8. The summed E-state index contributed by atoms with van der Waals surface area (Å²) in [4.78, 5) is 36.9. The van der Waals surface area contributed by atoms with Gasteiger partial charge in [-0.15, -0.1) is 0 Å². The summed E-state index contributed by atoms with van der Waals surface area (Å²) in [5.41, 5.74) is 2.65. The van der Waals surface area contributed by atoms with E-state index in [0.29, 0.717) is 29.0 Å². The van der Waals surface area contributed by atoms with Crippen LogP contribution in [0.1, 0.15) is 27.0 Å². The molecule has 0 N–H and O–H groups in total. The smallest absolute Gasteiger partial charge is 0.545 e. The van der Waals surface area contributed by atoms with Gasteiger partial charge < -0.3 is 14.6 Å². The Morgan fingerprint density at radius 3 is 2.12 bits per heavy atom. The van der Waals surface area contributed by atoms with Crippen LogP contribution in [0.5, 0.6) is 5.75 Å². The van der Waals surface area contributed by atoms with Gasteiger partial charge in [0.15, 0.2) is 5.78 Å². The van der Waals surface area contributed by atoms with Gasteiger partial charge in [0.2, 0.25) is 0 Å². The summed E-state index contributed by atoms with van der Waals surface area (Å²) in [6.45, 7) is 0.349. The fourth-order valence-corrected chi connectivity index (χ4v) is 4.71. The van der Waals surface area contributed by atoms with Crippen LogP contribution >= 0.6 is 11.7 Å². The number of carboxylic acid groups (broad SMARTS) is 1. The number of allylic oxidation sites excluding steroid dienone is 1. The molecule has 0 aliphatic rings. The van der Waals surface area contributed by atoms with E-state index in [-0.39, 0.29) is 63.9 Å². The number of rotatable bonds is 10. The van der Waals surface area contributed by atoms with Crippen LogP contribution in [-0.4, -0.2) is 25.4 Å². The molecule has 0 atom stereocenters. The second-order valence-corrected chi connectivity index (χ2v) is 9.37. The third-order valence-corrected chi connectivity index (χ3v) is 6.77. The second-order valence-electron chi connectivity index (χ2n) is 8.84. The number of hydrogen-bond donors (Lipinski definition) is 0. The van der Waals surface area contributed by atoms with Gasteiger partial charge in [-0.2, -0.15) is 8.75 Å². The number of carbonyl (C=O) groups is 2. The molecule has 0 aliphatic carbocycles. The summed E-state index contributed by atoms with van der Waals surface area (Å²) in [5.74, 6) is -1.51. The van der Waals surface area contributed by atoms with Crippen LogP contribution in [0.2, 0.25) is 0 Å². The van der Waals surface area contributed by atoms with Gasteiger partial charge in [0.05, 0.1) is 22.6 Å². The van der Waals surface area contributed by atoms with E-state index in [0.717, 1.165) is 17.3 Å². The van der Waals surface area contributed by atoms with Crippen molar-refractivity contribution in [3.63, 3.8) is 0 Å². The summed E-state index contributed by atoms with van der Waals surface area (Å²) in [7, 11) is 0. The van der Waals surface area contributed by atoms with E-state index < -0.39 is 16.7 Å². The normalized spacial score (nSPS) is 11.3. The SMILES string of the molecule is O=C([O-])/C(=C(\Cc1ccc([N+](=O)[O-])cc1)C(=O)c1ccc(OCc2ccccc2)cc1)c1ccc2nsnc2c1.[Na+]. The van der Waals surface area contributed by atoms with Gasteiger partial charge >= 0.3 is 29.6 Å². The molecule has 1 heterocycles. The Labute approximate surface area is 260 Å². The van der Waals surface area contributed by atoms with Crippen molar-refractivity contribution in [2.75, 3.05) is 0 Å². The molecule has 5 aromatic rings. The Balaban J connectivity index is 0.00000387. The number of nitro benzene ring substituents is 1. The van der Waals surface area contributed by atoms with Crippen molar-refractivity contribution in [3.05, 3.63) is 135 Å². The van der Waals surface area contributed by atoms with E-state index >= 15 is 0 Å². The predicted molar refractivity (Wildman–Crippen MR) is 148 cm³/mol. The van der Waals surface area contributed by atoms with E-state index in [1.54, 1.807) is 42.5 Å². The van der Waals surface area contributed by atoms with Crippen molar-refractivity contribution < 1.29 is 53.9 Å². The number of fused-ring (bicyclic) bond motifs is 1. The second kappa shape index (κ2) is 13.4. The van der Waals surface area contributed by atoms with E-state index in [2.05, 4.69) is 8.75 Å². The molecule has 11 heteroatoms. The minimum atomic E-state index is -1.53. The molecule has 0 aliphatic heterocycles. The van der Waals surface area contributed by atoms with Crippen molar-refractivity contribution in [2.45, 2.75) is 13.0 Å². The number of aromatic nitrogens is 2. The molecular formula is C30H20N3NaO6S. The molecule has 0 amide bonds. The van der Waals surface area contributed by atoms with E-state index in [1.165, 1.54) is 24.3 Å². The van der Waals surface area contributed by atoms with E-state index in [1.807, 2.05) is 30.3 Å². The first-order valence-electron chi connectivity index (χ1n) is 12.1. The number of aliphatic carboxylic acids is 1. The number of benzene rings is 4. The Morgan fingerprint density at radius 1 is 0.805 bits per heavy atom. The first kappa shape index (κ1) is 29.8. The number of carbonyl (C=O) groups excluding carboxylic acids is 2. The number of non-ortho nitro benzene ring substituents is 1. The quantitative estimate of drug-likeness (QED) is 0.0812. The minimum absolute atomic E-state index is 0. The van der Waals surface area contributed by atoms with Crippen molar-refractivity contribution in [3.8, 4) is 5.75 Å². The molecule has 1 aromatic heterocycles. The van der Waals surface area contributed by atoms with Crippen molar-refractivity contribution in [1.29, 1.82) is 0 Å². The van der Waals surface area contributed by atoms with Gasteiger partial charge in [-0.05, 0) is 53.1 Å².